The maximum atomic E-state index is 14.0. The van der Waals surface area contributed by atoms with Crippen molar-refractivity contribution in [2.75, 3.05) is 105 Å². The van der Waals surface area contributed by atoms with Gasteiger partial charge in [-0.2, -0.15) is 6.92 Å². The number of hydrogen-bond acceptors (Lipinski definition) is 19. The number of rotatable bonds is 16. The van der Waals surface area contributed by atoms with Crippen molar-refractivity contribution in [3.05, 3.63) is 173 Å². The van der Waals surface area contributed by atoms with E-state index in [4.69, 9.17) is 47.4 Å². The molecule has 2 saturated carbocycles. The maximum absolute atomic E-state index is 14.0. The van der Waals surface area contributed by atoms with Crippen LogP contribution >= 0.6 is 22.6 Å². The van der Waals surface area contributed by atoms with Gasteiger partial charge in [-0.05, 0) is 81.6 Å². The van der Waals surface area contributed by atoms with Crippen molar-refractivity contribution < 1.29 is 134 Å². The molecule has 2 N–H and O–H groups in total. The number of ether oxygens (including phenoxy) is 10. The van der Waals surface area contributed by atoms with Crippen molar-refractivity contribution in [2.24, 2.45) is 59.2 Å². The van der Waals surface area contributed by atoms with Crippen molar-refractivity contribution >= 4 is 58.4 Å². The molecular formula is C90H121Br2IN4O18. The molecule has 2 unspecified atom stereocenters. The first kappa shape index (κ1) is 90.2. The maximum Gasteiger partial charge on any atom is 0.339 e. The Morgan fingerprint density at radius 3 is 1.31 bits per heavy atom. The molecule has 12 bridgehead atoms. The normalized spacial score (nSPS) is 40.5. The molecule has 6 aliphatic carbocycles. The number of allylic oxidation sites excluding steroid dienone is 6. The Morgan fingerprint density at radius 2 is 0.948 bits per heavy atom. The summed E-state index contributed by atoms with van der Waals surface area (Å²) in [6.45, 7) is 35.1. The number of benzene rings is 2. The summed E-state index contributed by atoms with van der Waals surface area (Å²) in [6, 6.07) is 15.4. The fourth-order valence-electron chi connectivity index (χ4n) is 21.8. The van der Waals surface area contributed by atoms with Gasteiger partial charge in [0, 0.05) is 115 Å². The number of carbonyl (C=O) groups excluding carboxylic acids is 6. The van der Waals surface area contributed by atoms with Crippen LogP contribution in [0.5, 0.6) is 0 Å². The Bertz CT molecular complexity index is 4110. The summed E-state index contributed by atoms with van der Waals surface area (Å²) in [5.41, 5.74) is 3.98. The molecule has 115 heavy (non-hydrogen) atoms. The Kier molecular flexibility index (Phi) is 29.2. The molecular weight excluding hydrogens is 1710 g/mol. The topological polar surface area (TPSA) is 238 Å². The number of alkyl halides is 1. The molecule has 22 nitrogen and oxygen atoms in total. The number of carbonyl (C=O) groups is 6. The van der Waals surface area contributed by atoms with Gasteiger partial charge in [0.2, 0.25) is 0 Å². The van der Waals surface area contributed by atoms with Gasteiger partial charge in [0.25, 0.3) is 0 Å². The molecule has 18 rings (SSSR count). The highest BCUT2D eigenvalue weighted by Crippen LogP contribution is 2.63. The van der Waals surface area contributed by atoms with E-state index in [1.807, 2.05) is 125 Å². The van der Waals surface area contributed by atoms with Crippen molar-refractivity contribution in [1.82, 2.24) is 4.90 Å². The van der Waals surface area contributed by atoms with Crippen LogP contribution in [0.2, 0.25) is 0 Å². The number of methoxy groups -OCH3 is 2. The van der Waals surface area contributed by atoms with Gasteiger partial charge in [0.05, 0.1) is 50.0 Å². The number of nitrogens with zero attached hydrogens (tertiary/aromatic N) is 4. The molecule has 24 atom stereocenters. The summed E-state index contributed by atoms with van der Waals surface area (Å²) in [5.74, 6) is -6.09. The molecule has 0 aromatic heterocycles. The van der Waals surface area contributed by atoms with Crippen LogP contribution in [0.3, 0.4) is 0 Å². The Hall–Kier alpha value is -5.53. The molecule has 0 radical (unpaired) electrons. The van der Waals surface area contributed by atoms with Gasteiger partial charge in [-0.3, -0.25) is 4.90 Å². The standard InChI is InChI=1S/C44H58N2O9.C43H55N2O9.C2H5.CH3I.2BrH/c1-26-23-27(2)44-32(15-16-34-36(44)37(47)28(3)39(40(34)55-44)54-41(48)30-11-7-8-12-30)24-35(51-6)43(50)53-38(26)29(4)52-42(49)33-14-10-9-13-31(33)25-46-20-17-45(5,18-21-46)19-22-46;1-25-22-26(2)43-31(14-15-33-35(43)36(46)27(3)38(39(33)54-43)53-40(47)29-10-6-7-11-29)23-34(50-5)42(49)52-37(25)28(4)51-41(48)32-13-9-8-12-30(32)24-45-19-16-44(17-20-45)18-21-45;2*1-2;;/h7-11,13-16,23,26,28-29,32,34-40,47H,12,17-22,24-25H2,1-6H3;6-10,12-15,22,25,27-28,31,33-39,46H,11,16-21,23-24H2,1-5H3;1H2,2H3;1H3;2*1H/q+2;+1;-1;;;/p-2/b27-23+;26-22+;;;;/t26-,28-,29-,32?,34-,35+,36+,37-,38+,39-,40-,44+,45?,46?;25-,27-,28-,31?,33-,34+,35+,36-,37+,38-,39-,43+;;;;/m11..../s1. The third-order valence-electron chi connectivity index (χ3n) is 28.4. The lowest BCUT2D eigenvalue weighted by Gasteiger charge is -2.54. The zero-order valence-electron chi connectivity index (χ0n) is 69.0. The van der Waals surface area contributed by atoms with E-state index in [2.05, 4.69) is 71.8 Å². The smallest absolute Gasteiger partial charge is 0.339 e. The predicted molar refractivity (Wildman–Crippen MR) is 433 cm³/mol. The van der Waals surface area contributed by atoms with E-state index in [-0.39, 0.29) is 94.1 Å². The molecule has 2 aromatic rings. The Labute approximate surface area is 714 Å². The molecule has 16 aliphatic rings. The quantitative estimate of drug-likeness (QED) is 0.0452. The van der Waals surface area contributed by atoms with Crippen molar-refractivity contribution in [3.63, 3.8) is 0 Å². The molecule has 8 saturated heterocycles. The van der Waals surface area contributed by atoms with Crippen LogP contribution in [0.4, 0.5) is 0 Å². The largest absolute Gasteiger partial charge is 1.00 e. The first-order valence-electron chi connectivity index (χ1n) is 41.2. The molecule has 10 fully saturated rings. The third-order valence-corrected chi connectivity index (χ3v) is 28.4. The average Bonchev–Trinajstić information content (AvgIpc) is 1.54. The van der Waals surface area contributed by atoms with E-state index in [1.54, 1.807) is 32.9 Å². The summed E-state index contributed by atoms with van der Waals surface area (Å²) >= 11 is 2.15. The van der Waals surface area contributed by atoms with E-state index in [0.29, 0.717) is 35.1 Å². The van der Waals surface area contributed by atoms with Crippen molar-refractivity contribution in [1.29, 1.82) is 0 Å². The molecule has 630 valence electrons. The van der Waals surface area contributed by atoms with Crippen molar-refractivity contribution in [3.8, 4) is 0 Å². The molecule has 0 amide bonds. The van der Waals surface area contributed by atoms with E-state index < -0.39 is 132 Å². The van der Waals surface area contributed by atoms with Gasteiger partial charge < -0.3 is 112 Å². The van der Waals surface area contributed by atoms with Gasteiger partial charge in [0.1, 0.15) is 112 Å². The lowest BCUT2D eigenvalue weighted by atomic mass is 9.57. The number of aliphatic hydroxyl groups excluding tert-OH is 2. The number of cyclic esters (lactones) is 2. The first-order valence-corrected chi connectivity index (χ1v) is 43.4. The summed E-state index contributed by atoms with van der Waals surface area (Å²) in [4.78, 5) is 86.8. The molecule has 25 heteroatoms. The fraction of sp³-hybridized carbons (Fsp3) is 0.611. The van der Waals surface area contributed by atoms with E-state index in [9.17, 15) is 39.0 Å². The molecule has 10 aliphatic heterocycles. The van der Waals surface area contributed by atoms with Gasteiger partial charge in [-0.15, -0.1) is 0 Å². The van der Waals surface area contributed by atoms with Crippen LogP contribution in [-0.2, 0) is 79.6 Å². The lowest BCUT2D eigenvalue weighted by Crippen LogP contribution is -3.00. The van der Waals surface area contributed by atoms with Crippen LogP contribution in [0.1, 0.15) is 120 Å². The molecule has 2 aromatic carbocycles. The number of hydrogen-bond donors (Lipinski definition) is 2. The van der Waals surface area contributed by atoms with Crippen LogP contribution in [0, 0.1) is 66.1 Å². The third kappa shape index (κ3) is 17.2. The van der Waals surface area contributed by atoms with Crippen LogP contribution in [0.15, 0.2) is 144 Å². The van der Waals surface area contributed by atoms with E-state index in [1.165, 1.54) is 14.2 Å². The second-order valence-electron chi connectivity index (χ2n) is 34.7. The number of fused-ring (bicyclic) bond motifs is 6. The number of esters is 6. The average molecular weight is 1830 g/mol. The number of likely N-dealkylation sites (N-methyl/N-ethyl adjacent to an activating group) is 1. The first-order chi connectivity index (χ1) is 54.2. The second kappa shape index (κ2) is 37.2. The van der Waals surface area contributed by atoms with Gasteiger partial charge in [-0.25, -0.2) is 28.8 Å². The highest BCUT2D eigenvalue weighted by Gasteiger charge is 2.71. The Balaban J connectivity index is 0.000000214. The predicted octanol–water partition coefficient (Wildman–Crippen LogP) is 4.36. The lowest BCUT2D eigenvalue weighted by molar-refractivity contribution is -1.08. The minimum absolute atomic E-state index is 0. The SMILES string of the molecule is CI.CO[C@H]1CC2C=C[C@H]3[C@H]4O[C@]2(/C(C)=C/[C@@H](C)[C@@H]([C@@H](C)OC(=O)c2ccccc2C[N+]25CCN(CC2)CC5)OC1=O)[C@@H]3[C@H](O)[C@@H](C)[C@H]4OC(=O)C1=CC=CC1.CO[C@H]1CC2C=C[C@H]3[C@H]4O[C@]2(/C(C)=C/[C@@H](C)[C@@H]([C@@H](C)OC(=O)c2ccccc2C[N+]25CC[N+](C)(CC2)CC5)OC1=O)[C@@H]3[C@H](O)[C@@H](C)[C@H]4OC(=O)C1=CC=CC1.[Br-].[Br-].[CH2-]C. The van der Waals surface area contributed by atoms with Crippen LogP contribution < -0.4 is 34.0 Å². The Morgan fingerprint density at radius 1 is 0.574 bits per heavy atom. The van der Waals surface area contributed by atoms with Crippen molar-refractivity contribution in [2.45, 2.75) is 186 Å². The summed E-state index contributed by atoms with van der Waals surface area (Å²) in [5, 5.41) is 24.1. The summed E-state index contributed by atoms with van der Waals surface area (Å²) in [7, 11) is 5.32. The van der Waals surface area contributed by atoms with Gasteiger partial charge in [-0.1, -0.05) is 160 Å². The van der Waals surface area contributed by atoms with Gasteiger partial charge in [0.15, 0.2) is 12.2 Å². The van der Waals surface area contributed by atoms with E-state index >= 15 is 0 Å². The number of halogens is 3. The number of quaternary nitrogens is 3. The molecule has 10 heterocycles. The minimum Gasteiger partial charge on any atom is -1.00 e. The zero-order valence-corrected chi connectivity index (χ0v) is 74.4. The highest BCUT2D eigenvalue weighted by molar-refractivity contribution is 14.1. The van der Waals surface area contributed by atoms with E-state index in [0.717, 1.165) is 127 Å². The highest BCUT2D eigenvalue weighted by atomic mass is 127. The fourth-order valence-corrected chi connectivity index (χ4v) is 21.8. The minimum atomic E-state index is -0.995. The summed E-state index contributed by atoms with van der Waals surface area (Å²) < 4.78 is 66.1. The van der Waals surface area contributed by atoms with Crippen LogP contribution in [0.25, 0.3) is 0 Å². The molecule has 2 spiro atoms. The van der Waals surface area contributed by atoms with Gasteiger partial charge >= 0.3 is 35.8 Å². The number of aliphatic hydroxyl groups is 2. The zero-order chi connectivity index (χ0) is 80.8. The van der Waals surface area contributed by atoms with Crippen LogP contribution in [-0.4, -0.2) is 254 Å². The second-order valence-corrected chi connectivity index (χ2v) is 34.7. The number of piperazine rings is 6. The summed E-state index contributed by atoms with van der Waals surface area (Å²) in [6.07, 6.45) is 15.8. The monoisotopic (exact) mass is 1830 g/mol.